The van der Waals surface area contributed by atoms with Gasteiger partial charge in [-0.05, 0) is 11.8 Å². The summed E-state index contributed by atoms with van der Waals surface area (Å²) >= 11 is 0. The second kappa shape index (κ2) is 3.05. The van der Waals surface area contributed by atoms with Crippen LogP contribution >= 0.6 is 0 Å². The number of aliphatic hydroxyl groups excluding tert-OH is 1. The number of rotatable bonds is 2. The molecule has 0 bridgehead atoms. The lowest BCUT2D eigenvalue weighted by molar-refractivity contribution is -0.150. The molecule has 1 N–H and O–H groups in total. The summed E-state index contributed by atoms with van der Waals surface area (Å²) in [4.78, 5) is 13.0. The van der Waals surface area contributed by atoms with Gasteiger partial charge in [0.2, 0.25) is 0 Å². The highest BCUT2D eigenvalue weighted by Gasteiger charge is 2.38. The first-order valence-corrected chi connectivity index (χ1v) is 4.43. The third-order valence-corrected chi connectivity index (χ3v) is 2.22. The van der Waals surface area contributed by atoms with Gasteiger partial charge in [0.25, 0.3) is 5.91 Å². The molecule has 1 atom stereocenters. The molecule has 70 valence electrons. The molecule has 0 aromatic carbocycles. The Morgan fingerprint density at radius 2 is 2.08 bits per heavy atom. The predicted octanol–water partition coefficient (Wildman–Crippen LogP) is 0.626. The van der Waals surface area contributed by atoms with Crippen molar-refractivity contribution in [2.24, 2.45) is 5.41 Å². The van der Waals surface area contributed by atoms with Crippen molar-refractivity contribution >= 4 is 5.91 Å². The fourth-order valence-electron chi connectivity index (χ4n) is 1.53. The molecule has 1 heterocycles. The van der Waals surface area contributed by atoms with Crippen LogP contribution in [0.2, 0.25) is 0 Å². The van der Waals surface area contributed by atoms with Gasteiger partial charge in [-0.25, -0.2) is 0 Å². The van der Waals surface area contributed by atoms with E-state index in [1.54, 1.807) is 4.90 Å². The highest BCUT2D eigenvalue weighted by molar-refractivity contribution is 5.81. The lowest BCUT2D eigenvalue weighted by Gasteiger charge is -2.46. The van der Waals surface area contributed by atoms with Gasteiger partial charge in [0.1, 0.15) is 6.10 Å². The first-order valence-electron chi connectivity index (χ1n) is 4.43. The van der Waals surface area contributed by atoms with Crippen LogP contribution in [0, 0.1) is 5.41 Å². The highest BCUT2D eigenvalue weighted by Crippen LogP contribution is 2.29. The number of aliphatic hydroxyl groups is 1. The smallest absolute Gasteiger partial charge is 0.251 e. The van der Waals surface area contributed by atoms with Gasteiger partial charge in [0.05, 0.1) is 0 Å². The van der Waals surface area contributed by atoms with Crippen molar-refractivity contribution in [3.63, 3.8) is 0 Å². The maximum atomic E-state index is 11.3. The van der Waals surface area contributed by atoms with Gasteiger partial charge in [-0.15, -0.1) is 0 Å². The molecule has 0 radical (unpaired) electrons. The van der Waals surface area contributed by atoms with Crippen molar-refractivity contribution in [1.82, 2.24) is 4.90 Å². The number of nitrogens with zero attached hydrogens (tertiary/aromatic N) is 1. The van der Waals surface area contributed by atoms with Gasteiger partial charge in [-0.2, -0.15) is 0 Å². The van der Waals surface area contributed by atoms with Gasteiger partial charge in [-0.3, -0.25) is 4.79 Å². The lowest BCUT2D eigenvalue weighted by Crippen LogP contribution is -2.57. The molecule has 1 saturated heterocycles. The van der Waals surface area contributed by atoms with Crippen molar-refractivity contribution in [3.05, 3.63) is 0 Å². The Morgan fingerprint density at radius 3 is 2.42 bits per heavy atom. The van der Waals surface area contributed by atoms with Crippen LogP contribution in [-0.4, -0.2) is 35.1 Å². The van der Waals surface area contributed by atoms with Crippen LogP contribution in [0.5, 0.6) is 0 Å². The fourth-order valence-corrected chi connectivity index (χ4v) is 1.53. The summed E-state index contributed by atoms with van der Waals surface area (Å²) in [6.45, 7) is 7.61. The van der Waals surface area contributed by atoms with Crippen LogP contribution in [0.15, 0.2) is 0 Å². The molecule has 1 rings (SSSR count). The van der Waals surface area contributed by atoms with E-state index in [2.05, 4.69) is 13.8 Å². The number of carbonyl (C=O) groups excluding carboxylic acids is 1. The summed E-state index contributed by atoms with van der Waals surface area (Å²) in [5.41, 5.74) is 0.253. The average Bonchev–Trinajstić information content (AvgIpc) is 1.97. The Labute approximate surface area is 73.4 Å². The zero-order chi connectivity index (χ0) is 9.35. The summed E-state index contributed by atoms with van der Waals surface area (Å²) in [6.07, 6.45) is -0.281. The van der Waals surface area contributed by atoms with Gasteiger partial charge in [0, 0.05) is 13.1 Å². The van der Waals surface area contributed by atoms with Crippen molar-refractivity contribution in [3.8, 4) is 0 Å². The SMILES string of the molecule is CCC(O)C(=O)N1CC(C)(C)C1. The third-order valence-electron chi connectivity index (χ3n) is 2.22. The minimum atomic E-state index is -0.791. The third kappa shape index (κ3) is 1.78. The summed E-state index contributed by atoms with van der Waals surface area (Å²) in [7, 11) is 0. The molecule has 0 aromatic heterocycles. The largest absolute Gasteiger partial charge is 0.383 e. The highest BCUT2D eigenvalue weighted by atomic mass is 16.3. The normalized spacial score (nSPS) is 23.2. The minimum absolute atomic E-state index is 0.114. The van der Waals surface area contributed by atoms with Crippen molar-refractivity contribution in [2.75, 3.05) is 13.1 Å². The van der Waals surface area contributed by atoms with Crippen molar-refractivity contribution < 1.29 is 9.90 Å². The molecule has 1 fully saturated rings. The quantitative estimate of drug-likeness (QED) is 0.662. The molecule has 0 saturated carbocycles. The molecule has 0 spiro atoms. The Balaban J connectivity index is 2.38. The van der Waals surface area contributed by atoms with E-state index in [1.807, 2.05) is 6.92 Å². The Kier molecular flexibility index (Phi) is 2.42. The van der Waals surface area contributed by atoms with Crippen LogP contribution in [0.3, 0.4) is 0 Å². The van der Waals surface area contributed by atoms with Crippen LogP contribution in [0.4, 0.5) is 0 Å². The molecular weight excluding hydrogens is 154 g/mol. The topological polar surface area (TPSA) is 40.5 Å². The zero-order valence-electron chi connectivity index (χ0n) is 8.00. The van der Waals surface area contributed by atoms with E-state index in [0.717, 1.165) is 13.1 Å². The lowest BCUT2D eigenvalue weighted by atomic mass is 9.84. The van der Waals surface area contributed by atoms with E-state index >= 15 is 0 Å². The first kappa shape index (κ1) is 9.52. The number of amides is 1. The number of carbonyl (C=O) groups is 1. The van der Waals surface area contributed by atoms with E-state index in [4.69, 9.17) is 0 Å². The summed E-state index contributed by atoms with van der Waals surface area (Å²) < 4.78 is 0. The van der Waals surface area contributed by atoms with Gasteiger partial charge in [-0.1, -0.05) is 20.8 Å². The molecule has 12 heavy (non-hydrogen) atoms. The van der Waals surface area contributed by atoms with Crippen LogP contribution in [-0.2, 0) is 4.79 Å². The summed E-state index contributed by atoms with van der Waals surface area (Å²) in [6, 6.07) is 0. The number of hydrogen-bond acceptors (Lipinski definition) is 2. The Morgan fingerprint density at radius 1 is 1.58 bits per heavy atom. The average molecular weight is 171 g/mol. The Bertz CT molecular complexity index is 181. The van der Waals surface area contributed by atoms with Crippen molar-refractivity contribution in [1.29, 1.82) is 0 Å². The summed E-state index contributed by atoms with van der Waals surface area (Å²) in [5, 5.41) is 9.24. The second-order valence-corrected chi connectivity index (χ2v) is 4.28. The number of likely N-dealkylation sites (tertiary alicyclic amines) is 1. The number of hydrogen-bond donors (Lipinski definition) is 1. The van der Waals surface area contributed by atoms with Crippen molar-refractivity contribution in [2.45, 2.75) is 33.3 Å². The van der Waals surface area contributed by atoms with E-state index in [1.165, 1.54) is 0 Å². The van der Waals surface area contributed by atoms with Crippen LogP contribution < -0.4 is 0 Å². The zero-order valence-corrected chi connectivity index (χ0v) is 8.00. The monoisotopic (exact) mass is 171 g/mol. The summed E-state index contributed by atoms with van der Waals surface area (Å²) in [5.74, 6) is -0.114. The molecule has 1 aliphatic rings. The molecule has 1 amide bonds. The fraction of sp³-hybridized carbons (Fsp3) is 0.889. The molecule has 0 aliphatic carbocycles. The van der Waals surface area contributed by atoms with E-state index in [-0.39, 0.29) is 11.3 Å². The molecule has 0 aromatic rings. The van der Waals surface area contributed by atoms with Crippen LogP contribution in [0.25, 0.3) is 0 Å². The van der Waals surface area contributed by atoms with E-state index in [9.17, 15) is 9.90 Å². The minimum Gasteiger partial charge on any atom is -0.383 e. The van der Waals surface area contributed by atoms with Gasteiger partial charge in [0.15, 0.2) is 0 Å². The second-order valence-electron chi connectivity index (χ2n) is 4.28. The van der Waals surface area contributed by atoms with Crippen LogP contribution in [0.1, 0.15) is 27.2 Å². The van der Waals surface area contributed by atoms with Gasteiger partial charge >= 0.3 is 0 Å². The van der Waals surface area contributed by atoms with E-state index < -0.39 is 6.10 Å². The first-order chi connectivity index (χ1) is 5.46. The van der Waals surface area contributed by atoms with Gasteiger partial charge < -0.3 is 10.0 Å². The molecule has 1 unspecified atom stereocenters. The Hall–Kier alpha value is -0.570. The maximum absolute atomic E-state index is 11.3. The molecular formula is C9H17NO2. The maximum Gasteiger partial charge on any atom is 0.251 e. The molecule has 3 heteroatoms. The predicted molar refractivity (Wildman–Crippen MR) is 46.7 cm³/mol. The molecule has 3 nitrogen and oxygen atoms in total. The molecule has 1 aliphatic heterocycles. The van der Waals surface area contributed by atoms with E-state index in [0.29, 0.717) is 6.42 Å². The standard InChI is InChI=1S/C9H17NO2/c1-4-7(11)8(12)10-5-9(2,3)6-10/h7,11H,4-6H2,1-3H3.